The number of hydrogen-bond donors (Lipinski definition) is 1. The van der Waals surface area contributed by atoms with Crippen molar-refractivity contribution in [3.8, 4) is 0 Å². The van der Waals surface area contributed by atoms with E-state index in [9.17, 15) is 4.79 Å². The molecule has 0 fully saturated rings. The van der Waals surface area contributed by atoms with Crippen LogP contribution in [0.5, 0.6) is 0 Å². The lowest BCUT2D eigenvalue weighted by atomic mass is 10.2. The number of nitrogens with zero attached hydrogens (tertiary/aromatic N) is 1. The van der Waals surface area contributed by atoms with Gasteiger partial charge in [0.1, 0.15) is 0 Å². The number of anilines is 1. The predicted molar refractivity (Wildman–Crippen MR) is 86.0 cm³/mol. The molecule has 0 aliphatic carbocycles. The molecule has 0 aliphatic heterocycles. The Bertz CT molecular complexity index is 506. The number of benzene rings is 1. The van der Waals surface area contributed by atoms with Crippen molar-refractivity contribution in [3.63, 3.8) is 0 Å². The number of aromatic nitrogens is 1. The molecule has 0 bridgehead atoms. The van der Waals surface area contributed by atoms with Crippen LogP contribution >= 0.6 is 11.3 Å². The van der Waals surface area contributed by atoms with Gasteiger partial charge in [-0.25, -0.2) is 4.98 Å². The molecule has 0 saturated carbocycles. The van der Waals surface area contributed by atoms with E-state index in [1.54, 1.807) is 0 Å². The van der Waals surface area contributed by atoms with Gasteiger partial charge >= 0.3 is 0 Å². The highest BCUT2D eigenvalue weighted by atomic mass is 32.1. The van der Waals surface area contributed by atoms with Crippen molar-refractivity contribution >= 4 is 32.6 Å². The Morgan fingerprint density at radius 1 is 1.32 bits per heavy atom. The molecule has 0 saturated heterocycles. The van der Waals surface area contributed by atoms with Crippen LogP contribution in [-0.4, -0.2) is 10.9 Å². The summed E-state index contributed by atoms with van der Waals surface area (Å²) in [6.45, 7) is 11.8. The van der Waals surface area contributed by atoms with Gasteiger partial charge < -0.3 is 5.32 Å². The Kier molecular flexibility index (Phi) is 8.79. The molecule has 0 unspecified atom stereocenters. The molecule has 1 amide bonds. The van der Waals surface area contributed by atoms with Crippen LogP contribution in [0.25, 0.3) is 10.2 Å². The molecule has 2 rings (SSSR count). The Hall–Kier alpha value is -1.42. The summed E-state index contributed by atoms with van der Waals surface area (Å²) in [5.74, 6) is -0.0826. The fourth-order valence-corrected chi connectivity index (χ4v) is 2.25. The number of aryl methyl sites for hydroxylation is 1. The number of hydrogen-bond acceptors (Lipinski definition) is 3. The third-order valence-electron chi connectivity index (χ3n) is 1.83. The molecule has 106 valence electrons. The summed E-state index contributed by atoms with van der Waals surface area (Å²) in [7, 11) is 0. The highest BCUT2D eigenvalue weighted by Gasteiger charge is 2.04. The van der Waals surface area contributed by atoms with Crippen LogP contribution < -0.4 is 5.32 Å². The van der Waals surface area contributed by atoms with Crippen LogP contribution in [0.4, 0.5) is 5.13 Å². The number of nitrogens with one attached hydrogen (secondary N) is 1. The van der Waals surface area contributed by atoms with E-state index in [-0.39, 0.29) is 5.91 Å². The predicted octanol–water partition coefficient (Wildman–Crippen LogP) is 5.01. The molecule has 0 aliphatic rings. The third-order valence-corrected chi connectivity index (χ3v) is 2.76. The Morgan fingerprint density at radius 2 is 1.89 bits per heavy atom. The van der Waals surface area contributed by atoms with Crippen LogP contribution in [0, 0.1) is 6.92 Å². The Labute approximate surface area is 120 Å². The van der Waals surface area contributed by atoms with Gasteiger partial charge in [0.05, 0.1) is 10.2 Å². The van der Waals surface area contributed by atoms with Gasteiger partial charge in [-0.3, -0.25) is 4.79 Å². The van der Waals surface area contributed by atoms with E-state index < -0.39 is 0 Å². The van der Waals surface area contributed by atoms with E-state index in [1.165, 1.54) is 30.2 Å². The zero-order valence-electron chi connectivity index (χ0n) is 12.7. The summed E-state index contributed by atoms with van der Waals surface area (Å²) in [4.78, 5) is 15.1. The molecular weight excluding hydrogens is 256 g/mol. The second-order valence-electron chi connectivity index (χ2n) is 3.88. The molecule has 0 atom stereocenters. The molecule has 1 heterocycles. The second kappa shape index (κ2) is 9.50. The van der Waals surface area contributed by atoms with Gasteiger partial charge in [-0.2, -0.15) is 0 Å². The van der Waals surface area contributed by atoms with Crippen molar-refractivity contribution < 1.29 is 4.79 Å². The number of fused-ring (bicyclic) bond motifs is 1. The lowest BCUT2D eigenvalue weighted by molar-refractivity contribution is -0.114. The fourth-order valence-electron chi connectivity index (χ4n) is 1.24. The fraction of sp³-hybridized carbons (Fsp3) is 0.467. The van der Waals surface area contributed by atoms with E-state index in [2.05, 4.69) is 30.2 Å². The highest BCUT2D eigenvalue weighted by molar-refractivity contribution is 7.22. The third kappa shape index (κ3) is 6.34. The normalized spacial score (nSPS) is 8.95. The number of rotatable bonds is 1. The van der Waals surface area contributed by atoms with Gasteiger partial charge in [0, 0.05) is 6.92 Å². The molecule has 2 aromatic rings. The van der Waals surface area contributed by atoms with Crippen molar-refractivity contribution in [1.29, 1.82) is 0 Å². The van der Waals surface area contributed by atoms with Crippen molar-refractivity contribution in [1.82, 2.24) is 4.98 Å². The van der Waals surface area contributed by atoms with Crippen molar-refractivity contribution in [3.05, 3.63) is 23.8 Å². The number of carbonyl (C=O) groups is 1. The largest absolute Gasteiger partial charge is 0.302 e. The molecule has 4 heteroatoms. The zero-order chi connectivity index (χ0) is 14.8. The summed E-state index contributed by atoms with van der Waals surface area (Å²) in [5, 5.41) is 3.35. The minimum atomic E-state index is -0.0826. The maximum atomic E-state index is 10.8. The summed E-state index contributed by atoms with van der Waals surface area (Å²) in [6, 6.07) is 6.05. The van der Waals surface area contributed by atoms with Gasteiger partial charge in [0.15, 0.2) is 5.13 Å². The van der Waals surface area contributed by atoms with Crippen molar-refractivity contribution in [2.24, 2.45) is 0 Å². The minimum absolute atomic E-state index is 0.0826. The van der Waals surface area contributed by atoms with Gasteiger partial charge in [-0.05, 0) is 24.6 Å². The van der Waals surface area contributed by atoms with Crippen molar-refractivity contribution in [2.75, 3.05) is 5.32 Å². The summed E-state index contributed by atoms with van der Waals surface area (Å²) in [6.07, 6.45) is 1.25. The van der Waals surface area contributed by atoms with Crippen LogP contribution in [-0.2, 0) is 4.79 Å². The Balaban J connectivity index is 0.000000573. The molecule has 1 aromatic heterocycles. The van der Waals surface area contributed by atoms with Gasteiger partial charge in [-0.15, -0.1) is 0 Å². The smallest absolute Gasteiger partial charge is 0.223 e. The van der Waals surface area contributed by atoms with Crippen molar-refractivity contribution in [2.45, 2.75) is 48.0 Å². The second-order valence-corrected chi connectivity index (χ2v) is 4.91. The number of amides is 1. The van der Waals surface area contributed by atoms with Crippen LogP contribution in [0.3, 0.4) is 0 Å². The maximum absolute atomic E-state index is 10.8. The summed E-state index contributed by atoms with van der Waals surface area (Å²) in [5.41, 5.74) is 2.14. The first-order chi connectivity index (χ1) is 9.06. The molecule has 1 N–H and O–H groups in total. The summed E-state index contributed by atoms with van der Waals surface area (Å²) >= 11 is 1.50. The summed E-state index contributed by atoms with van der Waals surface area (Å²) < 4.78 is 1.11. The first kappa shape index (κ1) is 17.6. The molecule has 0 spiro atoms. The first-order valence-corrected chi connectivity index (χ1v) is 7.53. The molecular formula is C15H24N2OS. The average molecular weight is 280 g/mol. The number of carbonyl (C=O) groups excluding carboxylic acids is 1. The molecule has 19 heavy (non-hydrogen) atoms. The van der Waals surface area contributed by atoms with Gasteiger partial charge in [-0.1, -0.05) is 51.5 Å². The highest BCUT2D eigenvalue weighted by Crippen LogP contribution is 2.26. The molecule has 0 radical (unpaired) electrons. The van der Waals surface area contributed by atoms with E-state index in [0.29, 0.717) is 5.13 Å². The maximum Gasteiger partial charge on any atom is 0.223 e. The van der Waals surface area contributed by atoms with Crippen LogP contribution in [0.15, 0.2) is 18.2 Å². The van der Waals surface area contributed by atoms with Gasteiger partial charge in [0.2, 0.25) is 5.91 Å². The lowest BCUT2D eigenvalue weighted by Gasteiger charge is -1.91. The Morgan fingerprint density at radius 3 is 2.42 bits per heavy atom. The van der Waals surface area contributed by atoms with Gasteiger partial charge in [0.25, 0.3) is 0 Å². The quantitative estimate of drug-likeness (QED) is 0.798. The van der Waals surface area contributed by atoms with E-state index in [4.69, 9.17) is 0 Å². The zero-order valence-corrected chi connectivity index (χ0v) is 13.5. The lowest BCUT2D eigenvalue weighted by Crippen LogP contribution is -2.04. The van der Waals surface area contributed by atoms with Crippen LogP contribution in [0.2, 0.25) is 0 Å². The van der Waals surface area contributed by atoms with Crippen LogP contribution in [0.1, 0.15) is 46.6 Å². The molecule has 1 aromatic carbocycles. The SMILES string of the molecule is CC.CC(=O)Nc1nc2ccc(C)cc2s1.CCC. The van der Waals surface area contributed by atoms with E-state index in [1.807, 2.05) is 32.9 Å². The monoisotopic (exact) mass is 280 g/mol. The standard InChI is InChI=1S/C10H10N2OS.C3H8.C2H6/c1-6-3-4-8-9(5-6)14-10(12-8)11-7(2)13;1-3-2;1-2/h3-5H,1-2H3,(H,11,12,13);3H2,1-2H3;1-2H3. The average Bonchev–Trinajstić information content (AvgIpc) is 2.73. The van der Waals surface area contributed by atoms with E-state index >= 15 is 0 Å². The first-order valence-electron chi connectivity index (χ1n) is 6.71. The van der Waals surface area contributed by atoms with E-state index in [0.717, 1.165) is 10.2 Å². The number of thiazole rings is 1. The topological polar surface area (TPSA) is 42.0 Å². The minimum Gasteiger partial charge on any atom is -0.302 e. The molecule has 3 nitrogen and oxygen atoms in total.